The fourth-order valence-corrected chi connectivity index (χ4v) is 3.18. The zero-order valence-corrected chi connectivity index (χ0v) is 13.5. The van der Waals surface area contributed by atoms with Crippen molar-refractivity contribution in [3.63, 3.8) is 0 Å². The molecule has 1 saturated carbocycles. The van der Waals surface area contributed by atoms with Crippen LogP contribution in [-0.4, -0.2) is 19.2 Å². The first-order chi connectivity index (χ1) is 9.58. The first kappa shape index (κ1) is 15.4. The van der Waals surface area contributed by atoms with Gasteiger partial charge in [-0.1, -0.05) is 31.9 Å². The predicted octanol–water partition coefficient (Wildman–Crippen LogP) is 4.16. The van der Waals surface area contributed by atoms with Gasteiger partial charge >= 0.3 is 0 Å². The molecule has 0 aromatic heterocycles. The third kappa shape index (κ3) is 3.99. The maximum absolute atomic E-state index is 6.00. The van der Waals surface area contributed by atoms with E-state index in [9.17, 15) is 0 Å². The van der Waals surface area contributed by atoms with Gasteiger partial charge in [-0.3, -0.25) is 0 Å². The quantitative estimate of drug-likeness (QED) is 0.815. The van der Waals surface area contributed by atoms with Crippen LogP contribution >= 0.6 is 0 Å². The van der Waals surface area contributed by atoms with Crippen molar-refractivity contribution < 1.29 is 4.74 Å². The molecule has 2 atom stereocenters. The molecule has 0 radical (unpaired) electrons. The number of ether oxygens (including phenoxy) is 1. The van der Waals surface area contributed by atoms with Crippen LogP contribution in [0.15, 0.2) is 12.1 Å². The van der Waals surface area contributed by atoms with E-state index in [0.29, 0.717) is 6.04 Å². The van der Waals surface area contributed by atoms with Gasteiger partial charge in [0.25, 0.3) is 0 Å². The highest BCUT2D eigenvalue weighted by molar-refractivity contribution is 5.44. The second-order valence-corrected chi connectivity index (χ2v) is 6.42. The van der Waals surface area contributed by atoms with E-state index in [1.54, 1.807) is 0 Å². The van der Waals surface area contributed by atoms with E-state index in [0.717, 1.165) is 24.8 Å². The molecule has 1 aromatic rings. The topological polar surface area (TPSA) is 21.3 Å². The first-order valence-electron chi connectivity index (χ1n) is 8.01. The monoisotopic (exact) mass is 275 g/mol. The number of benzene rings is 1. The number of nitrogens with one attached hydrogen (secondary N) is 1. The molecule has 1 fully saturated rings. The van der Waals surface area contributed by atoms with Crippen LogP contribution in [0.4, 0.5) is 0 Å². The van der Waals surface area contributed by atoms with Crippen LogP contribution in [0, 0.1) is 26.7 Å². The summed E-state index contributed by atoms with van der Waals surface area (Å²) in [6, 6.07) is 5.01. The zero-order valence-electron chi connectivity index (χ0n) is 13.5. The third-order valence-corrected chi connectivity index (χ3v) is 4.59. The Hall–Kier alpha value is -1.02. The average Bonchev–Trinajstić information content (AvgIpc) is 2.42. The van der Waals surface area contributed by atoms with Crippen LogP contribution in [0.3, 0.4) is 0 Å². The molecule has 20 heavy (non-hydrogen) atoms. The maximum Gasteiger partial charge on any atom is 0.125 e. The summed E-state index contributed by atoms with van der Waals surface area (Å²) in [6.07, 6.45) is 5.42. The molecule has 112 valence electrons. The van der Waals surface area contributed by atoms with Gasteiger partial charge in [-0.05, 0) is 56.2 Å². The van der Waals surface area contributed by atoms with Crippen molar-refractivity contribution in [3.8, 4) is 5.75 Å². The summed E-state index contributed by atoms with van der Waals surface area (Å²) in [4.78, 5) is 0. The molecule has 1 aromatic carbocycles. The SMILES string of the molecule is Cc1ccc(C)c(OCCNC2CCCC(C)C2)c1C. The standard InChI is InChI=1S/C18H29NO/c1-13-6-5-7-17(12-13)19-10-11-20-18-15(3)9-8-14(2)16(18)4/h8-9,13,17,19H,5-7,10-12H2,1-4H3. The van der Waals surface area contributed by atoms with E-state index < -0.39 is 0 Å². The summed E-state index contributed by atoms with van der Waals surface area (Å²) >= 11 is 0. The molecule has 0 spiro atoms. The second-order valence-electron chi connectivity index (χ2n) is 6.42. The minimum atomic E-state index is 0.696. The molecule has 0 aliphatic heterocycles. The summed E-state index contributed by atoms with van der Waals surface area (Å²) in [5, 5.41) is 3.65. The molecular weight excluding hydrogens is 246 g/mol. The van der Waals surface area contributed by atoms with Crippen molar-refractivity contribution >= 4 is 0 Å². The number of hydrogen-bond donors (Lipinski definition) is 1. The van der Waals surface area contributed by atoms with E-state index in [4.69, 9.17) is 4.74 Å². The molecule has 0 bridgehead atoms. The molecule has 1 aliphatic carbocycles. The Morgan fingerprint density at radius 1 is 1.15 bits per heavy atom. The van der Waals surface area contributed by atoms with Crippen molar-refractivity contribution in [2.24, 2.45) is 5.92 Å². The van der Waals surface area contributed by atoms with E-state index in [-0.39, 0.29) is 0 Å². The Morgan fingerprint density at radius 2 is 1.90 bits per heavy atom. The summed E-state index contributed by atoms with van der Waals surface area (Å²) in [5.74, 6) is 1.95. The zero-order chi connectivity index (χ0) is 14.5. The van der Waals surface area contributed by atoms with Crippen molar-refractivity contribution in [1.29, 1.82) is 0 Å². The van der Waals surface area contributed by atoms with Crippen LogP contribution in [0.2, 0.25) is 0 Å². The fourth-order valence-electron chi connectivity index (χ4n) is 3.18. The lowest BCUT2D eigenvalue weighted by Gasteiger charge is -2.27. The molecule has 1 aliphatic rings. The highest BCUT2D eigenvalue weighted by Crippen LogP contribution is 2.26. The van der Waals surface area contributed by atoms with E-state index in [1.165, 1.54) is 42.4 Å². The van der Waals surface area contributed by atoms with Crippen LogP contribution in [0.25, 0.3) is 0 Å². The van der Waals surface area contributed by atoms with Crippen LogP contribution in [0.1, 0.15) is 49.3 Å². The summed E-state index contributed by atoms with van der Waals surface area (Å²) in [6.45, 7) is 10.5. The lowest BCUT2D eigenvalue weighted by atomic mass is 9.87. The molecular formula is C18H29NO. The molecule has 0 saturated heterocycles. The second kappa shape index (κ2) is 7.12. The fraction of sp³-hybridized carbons (Fsp3) is 0.667. The van der Waals surface area contributed by atoms with E-state index in [1.807, 2.05) is 0 Å². The van der Waals surface area contributed by atoms with Crippen molar-refractivity contribution in [2.75, 3.05) is 13.2 Å². The molecule has 1 N–H and O–H groups in total. The highest BCUT2D eigenvalue weighted by atomic mass is 16.5. The largest absolute Gasteiger partial charge is 0.492 e. The Kier molecular flexibility index (Phi) is 5.47. The van der Waals surface area contributed by atoms with Crippen LogP contribution in [-0.2, 0) is 0 Å². The summed E-state index contributed by atoms with van der Waals surface area (Å²) < 4.78 is 6.00. The van der Waals surface area contributed by atoms with Gasteiger partial charge in [0.05, 0.1) is 0 Å². The lowest BCUT2D eigenvalue weighted by molar-refractivity contribution is 0.265. The van der Waals surface area contributed by atoms with Crippen molar-refractivity contribution in [3.05, 3.63) is 28.8 Å². The Labute approximate surface area is 123 Å². The smallest absolute Gasteiger partial charge is 0.125 e. The Balaban J connectivity index is 1.77. The minimum Gasteiger partial charge on any atom is -0.492 e. The number of rotatable bonds is 5. The number of hydrogen-bond acceptors (Lipinski definition) is 2. The molecule has 2 nitrogen and oxygen atoms in total. The minimum absolute atomic E-state index is 0.696. The van der Waals surface area contributed by atoms with Gasteiger partial charge in [0.1, 0.15) is 12.4 Å². The van der Waals surface area contributed by atoms with Gasteiger partial charge in [-0.25, -0.2) is 0 Å². The molecule has 2 rings (SSSR count). The summed E-state index contributed by atoms with van der Waals surface area (Å²) in [7, 11) is 0. The molecule has 0 heterocycles. The average molecular weight is 275 g/mol. The van der Waals surface area contributed by atoms with Gasteiger partial charge < -0.3 is 10.1 Å². The van der Waals surface area contributed by atoms with Crippen LogP contribution in [0.5, 0.6) is 5.75 Å². The van der Waals surface area contributed by atoms with Crippen LogP contribution < -0.4 is 10.1 Å². The molecule has 2 heteroatoms. The van der Waals surface area contributed by atoms with Gasteiger partial charge in [-0.2, -0.15) is 0 Å². The van der Waals surface area contributed by atoms with E-state index >= 15 is 0 Å². The summed E-state index contributed by atoms with van der Waals surface area (Å²) in [5.41, 5.74) is 3.82. The highest BCUT2D eigenvalue weighted by Gasteiger charge is 2.17. The first-order valence-corrected chi connectivity index (χ1v) is 8.01. The van der Waals surface area contributed by atoms with Gasteiger partial charge in [0, 0.05) is 12.6 Å². The van der Waals surface area contributed by atoms with Gasteiger partial charge in [-0.15, -0.1) is 0 Å². The molecule has 2 unspecified atom stereocenters. The normalized spacial score (nSPS) is 22.8. The third-order valence-electron chi connectivity index (χ3n) is 4.59. The Morgan fingerprint density at radius 3 is 2.65 bits per heavy atom. The van der Waals surface area contributed by atoms with Crippen molar-refractivity contribution in [2.45, 2.75) is 59.4 Å². The van der Waals surface area contributed by atoms with E-state index in [2.05, 4.69) is 45.1 Å². The van der Waals surface area contributed by atoms with Gasteiger partial charge in [0.15, 0.2) is 0 Å². The van der Waals surface area contributed by atoms with Gasteiger partial charge in [0.2, 0.25) is 0 Å². The Bertz CT molecular complexity index is 441. The molecule has 0 amide bonds. The predicted molar refractivity (Wildman–Crippen MR) is 85.6 cm³/mol. The lowest BCUT2D eigenvalue weighted by Crippen LogP contribution is -2.36. The maximum atomic E-state index is 6.00. The number of aryl methyl sites for hydroxylation is 2. The van der Waals surface area contributed by atoms with Crippen molar-refractivity contribution in [1.82, 2.24) is 5.32 Å².